The van der Waals surface area contributed by atoms with Crippen LogP contribution in [0, 0.1) is 0 Å². The largest absolute Gasteiger partial charge is 0.454 e. The highest BCUT2D eigenvalue weighted by atomic mass is 127. The Bertz CT molecular complexity index is 1120. The molecular formula is C24H24INO. The van der Waals surface area contributed by atoms with Gasteiger partial charge in [0, 0.05) is 10.8 Å². The van der Waals surface area contributed by atoms with E-state index in [1.165, 1.54) is 27.6 Å². The van der Waals surface area contributed by atoms with Crippen LogP contribution < -0.4 is 3.11 Å². The van der Waals surface area contributed by atoms with Crippen molar-refractivity contribution in [3.05, 3.63) is 71.8 Å². The number of rotatable bonds is 3. The van der Waals surface area contributed by atoms with E-state index in [0.29, 0.717) is 0 Å². The molecule has 27 heavy (non-hydrogen) atoms. The Morgan fingerprint density at radius 1 is 0.815 bits per heavy atom. The molecule has 0 aliphatic rings. The summed E-state index contributed by atoms with van der Waals surface area (Å²) >= 11 is 2.40. The number of fused-ring (bicyclic) bond motifs is 3. The Labute approximate surface area is 174 Å². The molecule has 0 unspecified atom stereocenters. The van der Waals surface area contributed by atoms with Crippen LogP contribution in [0.3, 0.4) is 0 Å². The molecular weight excluding hydrogens is 445 g/mol. The van der Waals surface area contributed by atoms with Crippen molar-refractivity contribution in [1.82, 2.24) is 0 Å². The zero-order chi connectivity index (χ0) is 19.2. The first kappa shape index (κ1) is 18.4. The first-order valence-corrected chi connectivity index (χ1v) is 10.4. The van der Waals surface area contributed by atoms with Crippen LogP contribution in [-0.2, 0) is 11.8 Å². The Morgan fingerprint density at radius 2 is 1.44 bits per heavy atom. The van der Waals surface area contributed by atoms with E-state index in [-0.39, 0.29) is 5.41 Å². The summed E-state index contributed by atoms with van der Waals surface area (Å²) in [5.41, 5.74) is 6.89. The minimum atomic E-state index is 0.0666. The molecule has 138 valence electrons. The summed E-state index contributed by atoms with van der Waals surface area (Å²) < 4.78 is 8.66. The molecule has 0 atom stereocenters. The molecule has 3 heteroatoms. The lowest BCUT2D eigenvalue weighted by Crippen LogP contribution is -2.15. The van der Waals surface area contributed by atoms with E-state index in [2.05, 4.69) is 114 Å². The lowest BCUT2D eigenvalue weighted by atomic mass is 9.86. The van der Waals surface area contributed by atoms with Crippen molar-refractivity contribution in [2.75, 3.05) is 3.11 Å². The topological polar surface area (TPSA) is 16.4 Å². The molecule has 0 spiro atoms. The molecule has 0 fully saturated rings. The first-order chi connectivity index (χ1) is 12.9. The second-order valence-corrected chi connectivity index (χ2v) is 8.92. The summed E-state index contributed by atoms with van der Waals surface area (Å²) in [5.74, 6) is 0. The summed E-state index contributed by atoms with van der Waals surface area (Å²) in [5, 5.41) is 2.37. The van der Waals surface area contributed by atoms with E-state index in [4.69, 9.17) is 4.42 Å². The molecule has 4 rings (SSSR count). The number of aryl methyl sites for hydroxylation is 1. The van der Waals surface area contributed by atoms with Gasteiger partial charge in [-0.25, -0.2) is 0 Å². The fourth-order valence-corrected chi connectivity index (χ4v) is 4.51. The summed E-state index contributed by atoms with van der Waals surface area (Å²) in [6.07, 6.45) is 0.966. The van der Waals surface area contributed by atoms with Crippen LogP contribution in [-0.4, -0.2) is 0 Å². The van der Waals surface area contributed by atoms with Crippen molar-refractivity contribution >= 4 is 56.2 Å². The smallest absolute Gasteiger partial charge is 0.159 e. The predicted molar refractivity (Wildman–Crippen MR) is 124 cm³/mol. The van der Waals surface area contributed by atoms with Gasteiger partial charge in [0.2, 0.25) is 0 Å². The highest BCUT2D eigenvalue weighted by Gasteiger charge is 2.23. The molecule has 0 saturated carbocycles. The summed E-state index contributed by atoms with van der Waals surface area (Å²) in [6, 6.07) is 21.5. The van der Waals surface area contributed by atoms with Crippen LogP contribution in [0.25, 0.3) is 21.9 Å². The van der Waals surface area contributed by atoms with Crippen molar-refractivity contribution in [3.8, 4) is 0 Å². The Balaban J connectivity index is 1.95. The van der Waals surface area contributed by atoms with Gasteiger partial charge < -0.3 is 4.42 Å². The second-order valence-electron chi connectivity index (χ2n) is 7.95. The molecule has 0 aliphatic heterocycles. The van der Waals surface area contributed by atoms with Crippen LogP contribution in [0.2, 0.25) is 0 Å². The third-order valence-corrected chi connectivity index (χ3v) is 6.14. The number of anilines is 2. The molecule has 3 aromatic carbocycles. The summed E-state index contributed by atoms with van der Waals surface area (Å²) in [7, 11) is 0. The minimum Gasteiger partial charge on any atom is -0.454 e. The highest BCUT2D eigenvalue weighted by molar-refractivity contribution is 14.1. The molecule has 1 aromatic heterocycles. The Hall–Kier alpha value is -2.01. The van der Waals surface area contributed by atoms with E-state index in [0.717, 1.165) is 23.3 Å². The van der Waals surface area contributed by atoms with Crippen LogP contribution in [0.15, 0.2) is 65.1 Å². The van der Waals surface area contributed by atoms with Gasteiger partial charge in [-0.1, -0.05) is 76.2 Å². The number of hydrogen-bond acceptors (Lipinski definition) is 2. The van der Waals surface area contributed by atoms with Crippen LogP contribution in [0.1, 0.15) is 38.8 Å². The van der Waals surface area contributed by atoms with Crippen LogP contribution in [0.5, 0.6) is 0 Å². The lowest BCUT2D eigenvalue weighted by molar-refractivity contribution is 0.591. The normalized spacial score (nSPS) is 12.0. The zero-order valence-electron chi connectivity index (χ0n) is 16.2. The Morgan fingerprint density at radius 3 is 2.15 bits per heavy atom. The van der Waals surface area contributed by atoms with Gasteiger partial charge in [0.1, 0.15) is 5.58 Å². The van der Waals surface area contributed by atoms with Gasteiger partial charge in [0.25, 0.3) is 0 Å². The number of para-hydroxylation sites is 3. The van der Waals surface area contributed by atoms with Gasteiger partial charge in [-0.2, -0.15) is 0 Å². The van der Waals surface area contributed by atoms with E-state index < -0.39 is 0 Å². The second kappa shape index (κ2) is 6.86. The first-order valence-electron chi connectivity index (χ1n) is 9.40. The predicted octanol–water partition coefficient (Wildman–Crippen LogP) is 7.93. The zero-order valence-corrected chi connectivity index (χ0v) is 18.4. The molecule has 1 heterocycles. The maximum absolute atomic E-state index is 6.43. The van der Waals surface area contributed by atoms with Crippen LogP contribution >= 0.6 is 22.9 Å². The molecule has 0 bridgehead atoms. The molecule has 4 aromatic rings. The van der Waals surface area contributed by atoms with Crippen molar-refractivity contribution in [2.45, 2.75) is 39.5 Å². The third kappa shape index (κ3) is 3.12. The number of hydrogen-bond donors (Lipinski definition) is 0. The van der Waals surface area contributed by atoms with E-state index in [9.17, 15) is 0 Å². The number of halogens is 1. The monoisotopic (exact) mass is 469 g/mol. The highest BCUT2D eigenvalue weighted by Crippen LogP contribution is 2.43. The van der Waals surface area contributed by atoms with E-state index >= 15 is 0 Å². The lowest BCUT2D eigenvalue weighted by Gasteiger charge is -2.27. The van der Waals surface area contributed by atoms with Gasteiger partial charge >= 0.3 is 0 Å². The number of furan rings is 1. The van der Waals surface area contributed by atoms with Crippen molar-refractivity contribution in [3.63, 3.8) is 0 Å². The van der Waals surface area contributed by atoms with Gasteiger partial charge in [-0.3, -0.25) is 3.11 Å². The average Bonchev–Trinajstić information content (AvgIpc) is 3.05. The molecule has 0 radical (unpaired) electrons. The maximum atomic E-state index is 6.43. The summed E-state index contributed by atoms with van der Waals surface area (Å²) in [4.78, 5) is 0. The third-order valence-electron chi connectivity index (χ3n) is 5.10. The van der Waals surface area contributed by atoms with Crippen LogP contribution in [0.4, 0.5) is 11.4 Å². The quantitative estimate of drug-likeness (QED) is 0.224. The van der Waals surface area contributed by atoms with Crippen molar-refractivity contribution < 1.29 is 4.42 Å². The molecule has 0 aliphatic carbocycles. The van der Waals surface area contributed by atoms with Gasteiger partial charge in [0.15, 0.2) is 5.58 Å². The van der Waals surface area contributed by atoms with Gasteiger partial charge in [-0.15, -0.1) is 0 Å². The minimum absolute atomic E-state index is 0.0666. The number of benzene rings is 3. The number of nitrogens with zero attached hydrogens (tertiary/aromatic N) is 1. The fourth-order valence-electron chi connectivity index (χ4n) is 3.71. The molecule has 2 nitrogen and oxygen atoms in total. The van der Waals surface area contributed by atoms with Gasteiger partial charge in [0.05, 0.1) is 34.2 Å². The van der Waals surface area contributed by atoms with E-state index in [1.807, 2.05) is 0 Å². The SMILES string of the molecule is CCc1cccc2c1oc1c(N(I)c3ccccc3C(C)(C)C)cccc12. The molecule has 0 saturated heterocycles. The average molecular weight is 469 g/mol. The van der Waals surface area contributed by atoms with Crippen molar-refractivity contribution in [1.29, 1.82) is 0 Å². The standard InChI is InChI=1S/C24H24INO/c1-5-16-10-8-11-17-18-12-9-15-21(23(18)27-22(16)17)26(25)20-14-7-6-13-19(20)24(2,3)4/h6-15H,5H2,1-4H3. The van der Waals surface area contributed by atoms with E-state index in [1.54, 1.807) is 0 Å². The maximum Gasteiger partial charge on any atom is 0.159 e. The molecule has 0 amide bonds. The molecule has 0 N–H and O–H groups in total. The fraction of sp³-hybridized carbons (Fsp3) is 0.250. The summed E-state index contributed by atoms with van der Waals surface area (Å²) in [6.45, 7) is 8.94. The van der Waals surface area contributed by atoms with Gasteiger partial charge in [-0.05, 0) is 35.1 Å². The van der Waals surface area contributed by atoms with Crippen molar-refractivity contribution in [2.24, 2.45) is 0 Å². The Kier molecular flexibility index (Phi) is 4.66.